The highest BCUT2D eigenvalue weighted by atomic mass is 32.2. The number of anilines is 1. The summed E-state index contributed by atoms with van der Waals surface area (Å²) in [6.07, 6.45) is 3.69. The van der Waals surface area contributed by atoms with Crippen LogP contribution < -0.4 is 20.1 Å². The molecule has 0 aromatic heterocycles. The fraction of sp³-hybridized carbons (Fsp3) is 0.405. The molecule has 3 N–H and O–H groups in total. The lowest BCUT2D eigenvalue weighted by Crippen LogP contribution is -2.44. The number of carbonyl (C=O) groups excluding carboxylic acids is 1. The number of ether oxygens (including phenoxy) is 1. The number of sulfonamides is 1. The molecule has 0 radical (unpaired) electrons. The Balaban J connectivity index is 1.26. The van der Waals surface area contributed by atoms with Crippen molar-refractivity contribution in [1.29, 1.82) is 0 Å². The number of benzene rings is 4. The van der Waals surface area contributed by atoms with E-state index in [1.54, 1.807) is 0 Å². The van der Waals surface area contributed by atoms with Crippen molar-refractivity contribution in [2.45, 2.75) is 96.3 Å². The molecule has 2 atom stereocenters. The van der Waals surface area contributed by atoms with Crippen LogP contribution in [0.4, 0.5) is 5.69 Å². The van der Waals surface area contributed by atoms with E-state index in [4.69, 9.17) is 9.16 Å². The number of rotatable bonds is 16. The van der Waals surface area contributed by atoms with E-state index in [-0.39, 0.29) is 29.1 Å². The molecule has 10 heteroatoms. The summed E-state index contributed by atoms with van der Waals surface area (Å²) in [5, 5.41) is 6.91. The van der Waals surface area contributed by atoms with Crippen molar-refractivity contribution in [3.8, 4) is 5.75 Å². The quantitative estimate of drug-likeness (QED) is 0.102. The second-order valence-electron chi connectivity index (χ2n) is 15.7. The van der Waals surface area contributed by atoms with Gasteiger partial charge in [0.05, 0.1) is 24.5 Å². The molecule has 0 bridgehead atoms. The molecule has 0 heterocycles. The van der Waals surface area contributed by atoms with Crippen molar-refractivity contribution in [3.63, 3.8) is 0 Å². The van der Waals surface area contributed by atoms with Crippen LogP contribution in [0.3, 0.4) is 0 Å². The van der Waals surface area contributed by atoms with Gasteiger partial charge in [0.25, 0.3) is 0 Å². The Kier molecular flexibility index (Phi) is 12.7. The van der Waals surface area contributed by atoms with Crippen LogP contribution in [0.2, 0.25) is 18.1 Å². The molecule has 5 rings (SSSR count). The normalized spacial score (nSPS) is 14.8. The van der Waals surface area contributed by atoms with Crippen molar-refractivity contribution >= 4 is 29.9 Å². The second kappa shape index (κ2) is 16.8. The molecule has 0 saturated heterocycles. The number of fused-ring (bicyclic) bond motifs is 1. The van der Waals surface area contributed by atoms with Crippen LogP contribution >= 0.6 is 0 Å². The zero-order chi connectivity index (χ0) is 37.5. The number of hydrogen-bond acceptors (Lipinski definition) is 6. The lowest BCUT2D eigenvalue weighted by Gasteiger charge is -2.40. The predicted octanol–water partition coefficient (Wildman–Crippen LogP) is 7.75. The smallest absolute Gasteiger partial charge is 0.229 e. The molecule has 4 aromatic carbocycles. The van der Waals surface area contributed by atoms with Gasteiger partial charge >= 0.3 is 0 Å². The van der Waals surface area contributed by atoms with Gasteiger partial charge in [-0.3, -0.25) is 9.52 Å². The van der Waals surface area contributed by atoms with Gasteiger partial charge in [-0.1, -0.05) is 106 Å². The summed E-state index contributed by atoms with van der Waals surface area (Å²) < 4.78 is 40.6. The van der Waals surface area contributed by atoms with Gasteiger partial charge < -0.3 is 19.8 Å². The van der Waals surface area contributed by atoms with Crippen LogP contribution in [0.25, 0.3) is 0 Å². The first-order chi connectivity index (χ1) is 24.5. The van der Waals surface area contributed by atoms with Crippen LogP contribution in [-0.4, -0.2) is 47.5 Å². The number of hydrogen-bond donors (Lipinski definition) is 3. The summed E-state index contributed by atoms with van der Waals surface area (Å²) in [4.78, 5) is 13.0. The highest BCUT2D eigenvalue weighted by Crippen LogP contribution is 2.41. The van der Waals surface area contributed by atoms with E-state index < -0.39 is 18.3 Å². The lowest BCUT2D eigenvalue weighted by molar-refractivity contribution is -0.121. The number of amides is 1. The lowest BCUT2D eigenvalue weighted by atomic mass is 10.0. The first kappa shape index (κ1) is 39.2. The summed E-state index contributed by atoms with van der Waals surface area (Å²) in [5.74, 6) is 0.500. The van der Waals surface area contributed by atoms with E-state index in [1.807, 2.05) is 60.7 Å². The van der Waals surface area contributed by atoms with Crippen LogP contribution in [0.5, 0.6) is 5.75 Å². The average molecular weight is 742 g/mol. The van der Waals surface area contributed by atoms with Gasteiger partial charge in [0.1, 0.15) is 12.4 Å². The molecule has 0 saturated carbocycles. The summed E-state index contributed by atoms with van der Waals surface area (Å²) >= 11 is 0. The van der Waals surface area contributed by atoms with Gasteiger partial charge in [-0.15, -0.1) is 0 Å². The molecule has 0 spiro atoms. The Morgan fingerprint density at radius 3 is 2.15 bits per heavy atom. The molecule has 0 aliphatic heterocycles. The summed E-state index contributed by atoms with van der Waals surface area (Å²) in [5.41, 5.74) is 7.02. The highest BCUT2D eigenvalue weighted by molar-refractivity contribution is 7.92. The Morgan fingerprint density at radius 1 is 0.865 bits per heavy atom. The number of nitrogens with one attached hydrogen (secondary N) is 3. The molecule has 278 valence electrons. The molecule has 8 nitrogen and oxygen atoms in total. The standard InChI is InChI=1S/C42H55N3O5SSi/c1-30(22-32-16-13-17-33(23-32)24-41(46)44-37-25-34-18-11-12-19-35(34)26-37)43-28-40(50-52(6,7)42(2,3)4)36-20-21-39(38(27-36)45-51(5,47)48)49-29-31-14-9-8-10-15-31/h8-21,23,27,30,37,40,43,45H,22,24-26,28-29H2,1-7H3,(H,44,46)/t30-,40+/m1/s1. The van der Waals surface area contributed by atoms with Crippen LogP contribution in [0.15, 0.2) is 97.1 Å². The summed E-state index contributed by atoms with van der Waals surface area (Å²) in [6.45, 7) is 14.1. The van der Waals surface area contributed by atoms with Gasteiger partial charge in [-0.2, -0.15) is 0 Å². The zero-order valence-corrected chi connectivity index (χ0v) is 33.5. The average Bonchev–Trinajstić information content (AvgIpc) is 3.47. The van der Waals surface area contributed by atoms with E-state index in [9.17, 15) is 13.2 Å². The first-order valence-electron chi connectivity index (χ1n) is 18.2. The van der Waals surface area contributed by atoms with Crippen LogP contribution in [-0.2, 0) is 51.5 Å². The first-order valence-corrected chi connectivity index (χ1v) is 23.0. The van der Waals surface area contributed by atoms with Gasteiger partial charge in [-0.05, 0) is 89.8 Å². The molecule has 0 fully saturated rings. The second-order valence-corrected chi connectivity index (χ2v) is 22.2. The van der Waals surface area contributed by atoms with Crippen LogP contribution in [0.1, 0.15) is 67.2 Å². The fourth-order valence-electron chi connectivity index (χ4n) is 6.37. The maximum Gasteiger partial charge on any atom is 0.229 e. The zero-order valence-electron chi connectivity index (χ0n) is 31.7. The highest BCUT2D eigenvalue weighted by Gasteiger charge is 2.39. The molecule has 0 unspecified atom stereocenters. The minimum absolute atomic E-state index is 0.0298. The third-order valence-corrected chi connectivity index (χ3v) is 15.2. The third-order valence-electron chi connectivity index (χ3n) is 10.1. The van der Waals surface area contributed by atoms with E-state index in [0.717, 1.165) is 47.8 Å². The van der Waals surface area contributed by atoms with Crippen molar-refractivity contribution in [2.24, 2.45) is 0 Å². The van der Waals surface area contributed by atoms with Gasteiger partial charge in [-0.25, -0.2) is 8.42 Å². The van der Waals surface area contributed by atoms with E-state index in [0.29, 0.717) is 31.0 Å². The van der Waals surface area contributed by atoms with Gasteiger partial charge in [0, 0.05) is 18.6 Å². The Morgan fingerprint density at radius 2 is 1.50 bits per heavy atom. The van der Waals surface area contributed by atoms with Crippen molar-refractivity contribution in [3.05, 3.63) is 130 Å². The Hall–Kier alpha value is -3.96. The SMILES string of the molecule is C[C@H](Cc1cccc(CC(=O)NC2Cc3ccccc3C2)c1)NC[C@H](O[Si](C)(C)C(C)(C)C)c1ccc(OCc2ccccc2)c(NS(C)(=O)=O)c1. The molecular weight excluding hydrogens is 687 g/mol. The minimum atomic E-state index is -3.58. The third kappa shape index (κ3) is 11.3. The summed E-state index contributed by atoms with van der Waals surface area (Å²) in [7, 11) is -5.81. The minimum Gasteiger partial charge on any atom is -0.487 e. The molecule has 1 aliphatic rings. The fourth-order valence-corrected chi connectivity index (χ4v) is 8.22. The van der Waals surface area contributed by atoms with E-state index in [1.165, 1.54) is 11.1 Å². The molecule has 52 heavy (non-hydrogen) atoms. The molecule has 1 aliphatic carbocycles. The van der Waals surface area contributed by atoms with Crippen molar-refractivity contribution in [2.75, 3.05) is 17.5 Å². The largest absolute Gasteiger partial charge is 0.487 e. The van der Waals surface area contributed by atoms with Crippen LogP contribution in [0, 0.1) is 0 Å². The van der Waals surface area contributed by atoms with E-state index in [2.05, 4.69) is 92.5 Å². The van der Waals surface area contributed by atoms with E-state index >= 15 is 0 Å². The molecule has 1 amide bonds. The topological polar surface area (TPSA) is 106 Å². The Bertz CT molecular complexity index is 1900. The maximum absolute atomic E-state index is 13.0. The van der Waals surface area contributed by atoms with Crippen molar-refractivity contribution < 1.29 is 22.4 Å². The summed E-state index contributed by atoms with van der Waals surface area (Å²) in [6, 6.07) is 32.3. The van der Waals surface area contributed by atoms with Crippen molar-refractivity contribution in [1.82, 2.24) is 10.6 Å². The van der Waals surface area contributed by atoms with Gasteiger partial charge in [0.2, 0.25) is 15.9 Å². The maximum atomic E-state index is 13.0. The molecule has 4 aromatic rings. The number of carbonyl (C=O) groups is 1. The Labute approximate surface area is 311 Å². The molecular formula is C42H55N3O5SSi. The van der Waals surface area contributed by atoms with Gasteiger partial charge in [0.15, 0.2) is 8.32 Å². The monoisotopic (exact) mass is 741 g/mol. The predicted molar refractivity (Wildman–Crippen MR) is 214 cm³/mol.